The first kappa shape index (κ1) is 19.3. The number of hydrogen-bond acceptors (Lipinski definition) is 4. The minimum atomic E-state index is -0.379. The molecule has 2 aromatic carbocycles. The van der Waals surface area contributed by atoms with Crippen LogP contribution in [0.15, 0.2) is 36.4 Å². The number of rotatable bonds is 3. The molecule has 1 saturated heterocycles. The molecule has 2 aromatic rings. The number of hydrogen-bond donors (Lipinski definition) is 1. The lowest BCUT2D eigenvalue weighted by Crippen LogP contribution is -2.40. The molecule has 3 amide bonds. The van der Waals surface area contributed by atoms with Crippen LogP contribution in [-0.2, 0) is 0 Å². The van der Waals surface area contributed by atoms with Crippen LogP contribution in [0, 0.1) is 19.8 Å². The summed E-state index contributed by atoms with van der Waals surface area (Å²) < 4.78 is 0. The molecule has 0 unspecified atom stereocenters. The highest BCUT2D eigenvalue weighted by molar-refractivity contribution is 6.35. The average Bonchev–Trinajstić information content (AvgIpc) is 2.99. The number of imide groups is 1. The molecule has 0 aromatic heterocycles. The van der Waals surface area contributed by atoms with Gasteiger partial charge in [-0.1, -0.05) is 12.1 Å². The molecule has 0 radical (unpaired) electrons. The molecular weight excluding hydrogens is 366 g/mol. The molecule has 0 saturated carbocycles. The van der Waals surface area contributed by atoms with Crippen molar-refractivity contribution in [3.8, 4) is 0 Å². The summed E-state index contributed by atoms with van der Waals surface area (Å²) in [6.45, 7) is 5.77. The molecular formula is C23H25N3O3. The van der Waals surface area contributed by atoms with Crippen LogP contribution < -0.4 is 10.6 Å². The van der Waals surface area contributed by atoms with Crippen LogP contribution in [0.4, 0.5) is 5.69 Å². The molecule has 0 spiro atoms. The van der Waals surface area contributed by atoms with Crippen molar-refractivity contribution >= 4 is 23.4 Å². The number of likely N-dealkylation sites (tertiary alicyclic amines) is 1. The minimum absolute atomic E-state index is 0.103. The van der Waals surface area contributed by atoms with Crippen molar-refractivity contribution in [3.63, 3.8) is 0 Å². The lowest BCUT2D eigenvalue weighted by atomic mass is 9.96. The normalized spacial score (nSPS) is 17.1. The summed E-state index contributed by atoms with van der Waals surface area (Å²) in [5.74, 6) is -0.366. The largest absolute Gasteiger partial charge is 0.339 e. The Morgan fingerprint density at radius 1 is 1.00 bits per heavy atom. The summed E-state index contributed by atoms with van der Waals surface area (Å²) in [5.41, 5.74) is 9.22. The Balaban J connectivity index is 1.62. The number of carbonyl (C=O) groups is 3. The van der Waals surface area contributed by atoms with Crippen LogP contribution in [-0.4, -0.2) is 42.3 Å². The number of aryl methyl sites for hydroxylation is 2. The van der Waals surface area contributed by atoms with Gasteiger partial charge in [0.1, 0.15) is 0 Å². The molecule has 29 heavy (non-hydrogen) atoms. The Morgan fingerprint density at radius 2 is 1.69 bits per heavy atom. The molecule has 2 N–H and O–H groups in total. The van der Waals surface area contributed by atoms with Gasteiger partial charge in [-0.3, -0.25) is 14.4 Å². The third-order valence-electron chi connectivity index (χ3n) is 5.97. The number of amides is 3. The highest BCUT2D eigenvalue weighted by Crippen LogP contribution is 2.32. The quantitative estimate of drug-likeness (QED) is 0.816. The Morgan fingerprint density at radius 3 is 2.38 bits per heavy atom. The highest BCUT2D eigenvalue weighted by atomic mass is 16.2. The van der Waals surface area contributed by atoms with Crippen LogP contribution >= 0.6 is 0 Å². The Hall–Kier alpha value is -2.99. The van der Waals surface area contributed by atoms with Crippen LogP contribution in [0.25, 0.3) is 0 Å². The molecule has 0 atom stereocenters. The van der Waals surface area contributed by atoms with Crippen LogP contribution in [0.1, 0.15) is 55.0 Å². The molecule has 2 aliphatic heterocycles. The van der Waals surface area contributed by atoms with Crippen LogP contribution in [0.3, 0.4) is 0 Å². The predicted molar refractivity (Wildman–Crippen MR) is 111 cm³/mol. The van der Waals surface area contributed by atoms with Crippen molar-refractivity contribution in [3.05, 3.63) is 64.2 Å². The van der Waals surface area contributed by atoms with Crippen molar-refractivity contribution in [1.82, 2.24) is 4.90 Å². The van der Waals surface area contributed by atoms with Gasteiger partial charge in [-0.15, -0.1) is 0 Å². The van der Waals surface area contributed by atoms with E-state index < -0.39 is 0 Å². The van der Waals surface area contributed by atoms with Gasteiger partial charge >= 0.3 is 0 Å². The summed E-state index contributed by atoms with van der Waals surface area (Å²) in [6.07, 6.45) is 1.79. The summed E-state index contributed by atoms with van der Waals surface area (Å²) >= 11 is 0. The lowest BCUT2D eigenvalue weighted by Gasteiger charge is -2.31. The van der Waals surface area contributed by atoms with Gasteiger partial charge in [0.25, 0.3) is 17.7 Å². The lowest BCUT2D eigenvalue weighted by molar-refractivity contribution is 0.0693. The van der Waals surface area contributed by atoms with Gasteiger partial charge in [0.15, 0.2) is 0 Å². The van der Waals surface area contributed by atoms with Gasteiger partial charge in [-0.25, -0.2) is 4.90 Å². The molecule has 0 bridgehead atoms. The maximum atomic E-state index is 13.1. The van der Waals surface area contributed by atoms with Crippen molar-refractivity contribution < 1.29 is 14.4 Å². The van der Waals surface area contributed by atoms with Gasteiger partial charge < -0.3 is 10.6 Å². The van der Waals surface area contributed by atoms with Crippen LogP contribution in [0.2, 0.25) is 0 Å². The first-order valence-corrected chi connectivity index (χ1v) is 10.00. The van der Waals surface area contributed by atoms with Gasteiger partial charge in [-0.05, 0) is 74.5 Å². The number of carbonyl (C=O) groups excluding carboxylic acids is 3. The van der Waals surface area contributed by atoms with Gasteiger partial charge in [-0.2, -0.15) is 0 Å². The molecule has 150 valence electrons. The zero-order valence-corrected chi connectivity index (χ0v) is 16.8. The molecule has 2 aliphatic rings. The van der Waals surface area contributed by atoms with Crippen molar-refractivity contribution in [2.45, 2.75) is 26.7 Å². The number of nitrogens with zero attached hydrogens (tertiary/aromatic N) is 2. The highest BCUT2D eigenvalue weighted by Gasteiger charge is 2.38. The third-order valence-corrected chi connectivity index (χ3v) is 5.97. The van der Waals surface area contributed by atoms with Gasteiger partial charge in [0.05, 0.1) is 16.8 Å². The fraction of sp³-hybridized carbons (Fsp3) is 0.348. The van der Waals surface area contributed by atoms with E-state index >= 15 is 0 Å². The zero-order chi connectivity index (χ0) is 20.7. The molecule has 6 nitrogen and oxygen atoms in total. The van der Waals surface area contributed by atoms with Crippen molar-refractivity contribution in [2.75, 3.05) is 24.5 Å². The number of nitrogens with two attached hydrogens (primary N) is 1. The maximum absolute atomic E-state index is 13.1. The van der Waals surface area contributed by atoms with E-state index in [9.17, 15) is 14.4 Å². The number of fused-ring (bicyclic) bond motifs is 1. The molecule has 6 heteroatoms. The van der Waals surface area contributed by atoms with E-state index in [0.717, 1.165) is 24.0 Å². The molecule has 1 fully saturated rings. The van der Waals surface area contributed by atoms with E-state index in [1.807, 2.05) is 32.0 Å². The maximum Gasteiger partial charge on any atom is 0.266 e. The second-order valence-corrected chi connectivity index (χ2v) is 7.97. The summed E-state index contributed by atoms with van der Waals surface area (Å²) in [6, 6.07) is 10.5. The Labute approximate surface area is 170 Å². The zero-order valence-electron chi connectivity index (χ0n) is 16.8. The monoisotopic (exact) mass is 391 g/mol. The van der Waals surface area contributed by atoms with Crippen molar-refractivity contribution in [1.29, 1.82) is 0 Å². The molecule has 2 heterocycles. The predicted octanol–water partition coefficient (Wildman–Crippen LogP) is 2.91. The Bertz CT molecular complexity index is 1010. The molecule has 4 rings (SSSR count). The topological polar surface area (TPSA) is 83.7 Å². The minimum Gasteiger partial charge on any atom is -0.339 e. The van der Waals surface area contributed by atoms with E-state index in [2.05, 4.69) is 0 Å². The third kappa shape index (κ3) is 3.34. The van der Waals surface area contributed by atoms with E-state index in [-0.39, 0.29) is 17.7 Å². The van der Waals surface area contributed by atoms with E-state index in [1.165, 1.54) is 4.90 Å². The van der Waals surface area contributed by atoms with E-state index in [1.54, 1.807) is 23.1 Å². The summed E-state index contributed by atoms with van der Waals surface area (Å²) in [7, 11) is 0. The second kappa shape index (κ2) is 7.44. The second-order valence-electron chi connectivity index (χ2n) is 7.97. The number of benzene rings is 2. The van der Waals surface area contributed by atoms with E-state index in [0.29, 0.717) is 47.9 Å². The molecule has 0 aliphatic carbocycles. The smallest absolute Gasteiger partial charge is 0.266 e. The number of piperidine rings is 1. The Kier molecular flexibility index (Phi) is 4.96. The standard InChI is InChI=1S/C23H25N3O3/c1-14-3-4-15(2)20(11-14)26-22(28)18-6-5-17(12-19(18)23(26)29)21(27)25-9-7-16(13-24)8-10-25/h3-6,11-12,16H,7-10,13,24H2,1-2H3. The summed E-state index contributed by atoms with van der Waals surface area (Å²) in [4.78, 5) is 41.9. The first-order chi connectivity index (χ1) is 13.9. The average molecular weight is 391 g/mol. The van der Waals surface area contributed by atoms with Gasteiger partial charge in [0, 0.05) is 18.7 Å². The first-order valence-electron chi connectivity index (χ1n) is 10.00. The van der Waals surface area contributed by atoms with Gasteiger partial charge in [0.2, 0.25) is 0 Å². The van der Waals surface area contributed by atoms with Crippen LogP contribution in [0.5, 0.6) is 0 Å². The fourth-order valence-corrected chi connectivity index (χ4v) is 4.11. The fourth-order valence-electron chi connectivity index (χ4n) is 4.11. The van der Waals surface area contributed by atoms with E-state index in [4.69, 9.17) is 5.73 Å². The SMILES string of the molecule is Cc1ccc(C)c(N2C(=O)c3ccc(C(=O)N4CCC(CN)CC4)cc3C2=O)c1. The summed E-state index contributed by atoms with van der Waals surface area (Å²) in [5, 5.41) is 0. The number of anilines is 1. The van der Waals surface area contributed by atoms with Crippen molar-refractivity contribution in [2.24, 2.45) is 11.7 Å².